The van der Waals surface area contributed by atoms with Crippen molar-refractivity contribution in [3.63, 3.8) is 0 Å². The van der Waals surface area contributed by atoms with Crippen LogP contribution in [-0.2, 0) is 27.3 Å². The molecular formula is C25H37NO4. The molecule has 0 spiro atoms. The minimum atomic E-state index is -0.411. The number of rotatable bonds is 6. The summed E-state index contributed by atoms with van der Waals surface area (Å²) in [6.45, 7) is 11.0. The van der Waals surface area contributed by atoms with Crippen molar-refractivity contribution in [3.05, 3.63) is 35.8 Å². The normalized spacial score (nSPS) is 31.2. The molecule has 0 bridgehead atoms. The van der Waals surface area contributed by atoms with Crippen LogP contribution in [0.5, 0.6) is 0 Å². The molecule has 2 aliphatic carbocycles. The fourth-order valence-corrected chi connectivity index (χ4v) is 6.31. The molecule has 0 unspecified atom stereocenters. The highest BCUT2D eigenvalue weighted by Crippen LogP contribution is 2.62. The third kappa shape index (κ3) is 3.95. The lowest BCUT2D eigenvalue weighted by molar-refractivity contribution is -0.168. The second-order valence-corrected chi connectivity index (χ2v) is 9.85. The summed E-state index contributed by atoms with van der Waals surface area (Å²) in [6, 6.07) is 2.02. The van der Waals surface area contributed by atoms with E-state index in [1.165, 1.54) is 12.7 Å². The third-order valence-corrected chi connectivity index (χ3v) is 8.13. The highest BCUT2D eigenvalue weighted by molar-refractivity contribution is 5.77. The molecule has 0 N–H and O–H groups in total. The molecule has 166 valence electrons. The molecule has 1 heterocycles. The van der Waals surface area contributed by atoms with E-state index < -0.39 is 5.41 Å². The molecule has 3 rings (SSSR count). The lowest BCUT2D eigenvalue weighted by Gasteiger charge is -2.57. The molecule has 2 fully saturated rings. The van der Waals surface area contributed by atoms with Gasteiger partial charge in [-0.05, 0) is 74.3 Å². The molecule has 5 heteroatoms. The van der Waals surface area contributed by atoms with Crippen molar-refractivity contribution in [2.75, 3.05) is 14.2 Å². The number of hydrogen-bond acceptors (Lipinski definition) is 4. The summed E-state index contributed by atoms with van der Waals surface area (Å²) in [4.78, 5) is 26.0. The summed E-state index contributed by atoms with van der Waals surface area (Å²) < 4.78 is 10.9. The number of esters is 1. The Morgan fingerprint density at radius 3 is 2.73 bits per heavy atom. The second kappa shape index (κ2) is 8.60. The Bertz CT molecular complexity index is 812. The Balaban J connectivity index is 1.79. The SMILES string of the molecule is C=C1CC[C@H]2[C@](C)(CCC[C@]2(C)C(=O)OC)[C@@H]1CCc1ccoc1CN(C)C(C)=O. The maximum Gasteiger partial charge on any atom is 0.311 e. The Morgan fingerprint density at radius 1 is 1.33 bits per heavy atom. The van der Waals surface area contributed by atoms with Gasteiger partial charge in [-0.15, -0.1) is 0 Å². The summed E-state index contributed by atoms with van der Waals surface area (Å²) in [5.74, 6) is 1.51. The Morgan fingerprint density at radius 2 is 2.07 bits per heavy atom. The van der Waals surface area contributed by atoms with E-state index in [0.717, 1.165) is 56.3 Å². The van der Waals surface area contributed by atoms with Crippen molar-refractivity contribution in [1.29, 1.82) is 0 Å². The van der Waals surface area contributed by atoms with E-state index in [-0.39, 0.29) is 17.3 Å². The third-order valence-electron chi connectivity index (χ3n) is 8.13. The van der Waals surface area contributed by atoms with Crippen LogP contribution in [0.2, 0.25) is 0 Å². The van der Waals surface area contributed by atoms with Gasteiger partial charge in [-0.2, -0.15) is 0 Å². The van der Waals surface area contributed by atoms with Crippen LogP contribution < -0.4 is 0 Å². The average Bonchev–Trinajstić information content (AvgIpc) is 3.13. The smallest absolute Gasteiger partial charge is 0.311 e. The van der Waals surface area contributed by atoms with E-state index in [4.69, 9.17) is 9.15 Å². The highest BCUT2D eigenvalue weighted by atomic mass is 16.5. The van der Waals surface area contributed by atoms with E-state index in [9.17, 15) is 9.59 Å². The molecule has 0 aliphatic heterocycles. The number of allylic oxidation sites excluding steroid dienone is 1. The molecule has 5 nitrogen and oxygen atoms in total. The molecule has 1 aromatic heterocycles. The van der Waals surface area contributed by atoms with Gasteiger partial charge in [0.1, 0.15) is 5.76 Å². The number of carbonyl (C=O) groups excluding carboxylic acids is 2. The number of amides is 1. The zero-order valence-corrected chi connectivity index (χ0v) is 19.3. The molecular weight excluding hydrogens is 378 g/mol. The standard InChI is InChI=1S/C25H37NO4/c1-17-8-11-22-24(3,13-7-14-25(22,4)23(28)29-6)20(17)10-9-19-12-15-30-21(19)16-26(5)18(2)27/h12,15,20,22H,1,7-11,13-14,16H2,2-6H3/t20-,22+,24-,25+/m1/s1. The summed E-state index contributed by atoms with van der Waals surface area (Å²) in [5, 5.41) is 0. The van der Waals surface area contributed by atoms with E-state index in [0.29, 0.717) is 18.4 Å². The lowest BCUT2D eigenvalue weighted by Crippen LogP contribution is -2.53. The fraction of sp³-hybridized carbons (Fsp3) is 0.680. The van der Waals surface area contributed by atoms with Crippen molar-refractivity contribution >= 4 is 11.9 Å². The molecule has 1 amide bonds. The topological polar surface area (TPSA) is 59.8 Å². The predicted molar refractivity (Wildman–Crippen MR) is 117 cm³/mol. The van der Waals surface area contributed by atoms with Crippen molar-refractivity contribution in [3.8, 4) is 0 Å². The molecule has 2 saturated carbocycles. The lowest BCUT2D eigenvalue weighted by atomic mass is 9.46. The Kier molecular flexibility index (Phi) is 6.49. The van der Waals surface area contributed by atoms with Crippen LogP contribution in [0.15, 0.2) is 28.9 Å². The number of nitrogens with zero attached hydrogens (tertiary/aromatic N) is 1. The van der Waals surface area contributed by atoms with Gasteiger partial charge < -0.3 is 14.1 Å². The number of aryl methyl sites for hydroxylation is 1. The van der Waals surface area contributed by atoms with E-state index in [2.05, 4.69) is 20.4 Å². The Hall–Kier alpha value is -2.04. The van der Waals surface area contributed by atoms with Crippen LogP contribution in [-0.4, -0.2) is 30.9 Å². The summed E-state index contributed by atoms with van der Waals surface area (Å²) in [7, 11) is 3.30. The Labute approximate surface area is 180 Å². The van der Waals surface area contributed by atoms with Crippen LogP contribution in [0, 0.1) is 22.7 Å². The molecule has 0 radical (unpaired) electrons. The molecule has 0 saturated heterocycles. The first kappa shape index (κ1) is 22.6. The molecule has 30 heavy (non-hydrogen) atoms. The molecule has 4 atom stereocenters. The van der Waals surface area contributed by atoms with E-state index >= 15 is 0 Å². The highest BCUT2D eigenvalue weighted by Gasteiger charge is 2.57. The first-order valence-electron chi connectivity index (χ1n) is 11.2. The number of ether oxygens (including phenoxy) is 1. The molecule has 1 aromatic rings. The number of fused-ring (bicyclic) bond motifs is 1. The van der Waals surface area contributed by atoms with Crippen molar-refractivity contribution < 1.29 is 18.7 Å². The number of methoxy groups -OCH3 is 1. The van der Waals surface area contributed by atoms with Gasteiger partial charge in [-0.1, -0.05) is 25.5 Å². The minimum Gasteiger partial charge on any atom is -0.469 e. The quantitative estimate of drug-likeness (QED) is 0.477. The van der Waals surface area contributed by atoms with Gasteiger partial charge in [0.15, 0.2) is 0 Å². The maximum atomic E-state index is 12.7. The van der Waals surface area contributed by atoms with Crippen molar-refractivity contribution in [2.24, 2.45) is 22.7 Å². The zero-order chi connectivity index (χ0) is 22.1. The van der Waals surface area contributed by atoms with Gasteiger partial charge >= 0.3 is 5.97 Å². The summed E-state index contributed by atoms with van der Waals surface area (Å²) in [5.41, 5.74) is 2.12. The van der Waals surface area contributed by atoms with Gasteiger partial charge in [-0.3, -0.25) is 9.59 Å². The average molecular weight is 416 g/mol. The van der Waals surface area contributed by atoms with Crippen LogP contribution in [0.4, 0.5) is 0 Å². The molecule has 0 aromatic carbocycles. The fourth-order valence-electron chi connectivity index (χ4n) is 6.31. The summed E-state index contributed by atoms with van der Waals surface area (Å²) >= 11 is 0. The summed E-state index contributed by atoms with van der Waals surface area (Å²) in [6.07, 6.45) is 8.65. The van der Waals surface area contributed by atoms with Gasteiger partial charge in [-0.25, -0.2) is 0 Å². The van der Waals surface area contributed by atoms with Crippen molar-refractivity contribution in [1.82, 2.24) is 4.90 Å². The van der Waals surface area contributed by atoms with E-state index in [1.807, 2.05) is 6.07 Å². The predicted octanol–water partition coefficient (Wildman–Crippen LogP) is 5.14. The van der Waals surface area contributed by atoms with Crippen LogP contribution in [0.3, 0.4) is 0 Å². The molecule has 2 aliphatic rings. The van der Waals surface area contributed by atoms with Gasteiger partial charge in [0.25, 0.3) is 0 Å². The van der Waals surface area contributed by atoms with Crippen LogP contribution >= 0.6 is 0 Å². The van der Waals surface area contributed by atoms with Crippen molar-refractivity contribution in [2.45, 2.75) is 72.3 Å². The second-order valence-electron chi connectivity index (χ2n) is 9.85. The largest absolute Gasteiger partial charge is 0.469 e. The van der Waals surface area contributed by atoms with Crippen LogP contribution in [0.25, 0.3) is 0 Å². The zero-order valence-electron chi connectivity index (χ0n) is 19.3. The van der Waals surface area contributed by atoms with Crippen LogP contribution in [0.1, 0.15) is 70.6 Å². The number of hydrogen-bond donors (Lipinski definition) is 0. The number of furan rings is 1. The number of carbonyl (C=O) groups is 2. The van der Waals surface area contributed by atoms with Gasteiger partial charge in [0.2, 0.25) is 5.91 Å². The van der Waals surface area contributed by atoms with Gasteiger partial charge in [0.05, 0.1) is 25.3 Å². The first-order chi connectivity index (χ1) is 14.1. The monoisotopic (exact) mass is 415 g/mol. The maximum absolute atomic E-state index is 12.7. The van der Waals surface area contributed by atoms with Gasteiger partial charge in [0, 0.05) is 14.0 Å². The first-order valence-corrected chi connectivity index (χ1v) is 11.2. The minimum absolute atomic E-state index is 0.0256. The van der Waals surface area contributed by atoms with E-state index in [1.54, 1.807) is 25.1 Å².